The molecule has 1 aromatic heterocycles. The number of hydrogen-bond acceptors (Lipinski definition) is 6. The van der Waals surface area contributed by atoms with Gasteiger partial charge in [-0.15, -0.1) is 12.6 Å². The highest BCUT2D eigenvalue weighted by Crippen LogP contribution is 2.35. The van der Waals surface area contributed by atoms with Crippen molar-refractivity contribution in [3.63, 3.8) is 0 Å². The summed E-state index contributed by atoms with van der Waals surface area (Å²) in [5.74, 6) is -1.60. The molecule has 2 aromatic rings. The summed E-state index contributed by atoms with van der Waals surface area (Å²) in [5, 5.41) is 2.34. The van der Waals surface area contributed by atoms with Gasteiger partial charge in [-0.3, -0.25) is 14.6 Å². The number of benzene rings is 1. The number of ether oxygens (including phenoxy) is 1. The van der Waals surface area contributed by atoms with E-state index in [4.69, 9.17) is 20.8 Å². The van der Waals surface area contributed by atoms with Crippen molar-refractivity contribution in [2.75, 3.05) is 19.0 Å². The van der Waals surface area contributed by atoms with Gasteiger partial charge < -0.3 is 14.5 Å². The molecule has 0 saturated carbocycles. The van der Waals surface area contributed by atoms with E-state index in [2.05, 4.69) is 24.5 Å². The van der Waals surface area contributed by atoms with Gasteiger partial charge in [0.2, 0.25) is 0 Å². The fraction of sp³-hybridized carbons (Fsp3) is 0.211. The van der Waals surface area contributed by atoms with Crippen LogP contribution < -0.4 is 15.0 Å². The summed E-state index contributed by atoms with van der Waals surface area (Å²) in [7, 11) is 2.82. The highest BCUT2D eigenvalue weighted by molar-refractivity contribution is 7.80. The van der Waals surface area contributed by atoms with Gasteiger partial charge in [0.15, 0.2) is 11.3 Å². The zero-order valence-electron chi connectivity index (χ0n) is 16.5. The monoisotopic (exact) mass is 468 g/mol. The standard InChI is InChI=1S/C19H18ClFN4O5S/c1-10(16(26)22-9-11-5-4-6-29-11)30-15-8-14(13(21)7-12(15)20)25-17(27)23(2)19(31)24(3)18(25)28/h4-8,19,31H,1,9H2,2-3H3,(H,22,26). The molecule has 3 rings (SSSR count). The Morgan fingerprint density at radius 1 is 1.32 bits per heavy atom. The molecule has 0 radical (unpaired) electrons. The first kappa shape index (κ1) is 22.5. The van der Waals surface area contributed by atoms with Crippen molar-refractivity contribution in [2.45, 2.75) is 12.0 Å². The lowest BCUT2D eigenvalue weighted by Crippen LogP contribution is -2.62. The lowest BCUT2D eigenvalue weighted by Gasteiger charge is -2.41. The van der Waals surface area contributed by atoms with Crippen LogP contribution in [0, 0.1) is 5.82 Å². The van der Waals surface area contributed by atoms with Gasteiger partial charge in [-0.25, -0.2) is 18.9 Å². The van der Waals surface area contributed by atoms with E-state index in [1.165, 1.54) is 20.4 Å². The molecule has 9 nitrogen and oxygen atoms in total. The predicted molar refractivity (Wildman–Crippen MR) is 113 cm³/mol. The molecule has 31 heavy (non-hydrogen) atoms. The second-order valence-corrected chi connectivity index (χ2v) is 7.36. The smallest absolute Gasteiger partial charge is 0.334 e. The molecule has 1 aliphatic rings. The van der Waals surface area contributed by atoms with Crippen LogP contribution in [0.25, 0.3) is 0 Å². The second kappa shape index (κ2) is 8.90. The summed E-state index contributed by atoms with van der Waals surface area (Å²) in [6, 6.07) is 3.64. The van der Waals surface area contributed by atoms with Crippen molar-refractivity contribution in [1.82, 2.24) is 15.1 Å². The van der Waals surface area contributed by atoms with Crippen LogP contribution in [0.2, 0.25) is 5.02 Å². The third-order valence-corrected chi connectivity index (χ3v) is 5.40. The fourth-order valence-electron chi connectivity index (χ4n) is 2.69. The summed E-state index contributed by atoms with van der Waals surface area (Å²) in [6.07, 6.45) is 1.46. The van der Waals surface area contributed by atoms with Crippen LogP contribution >= 0.6 is 24.2 Å². The number of nitrogens with zero attached hydrogens (tertiary/aromatic N) is 3. The number of anilines is 1. The third-order valence-electron chi connectivity index (χ3n) is 4.41. The quantitative estimate of drug-likeness (QED) is 0.385. The van der Waals surface area contributed by atoms with E-state index < -0.39 is 35.0 Å². The molecule has 0 aliphatic carbocycles. The lowest BCUT2D eigenvalue weighted by molar-refractivity contribution is -0.119. The minimum atomic E-state index is -0.939. The van der Waals surface area contributed by atoms with E-state index in [0.29, 0.717) is 10.7 Å². The van der Waals surface area contributed by atoms with Crippen molar-refractivity contribution >= 4 is 47.9 Å². The number of nitrogens with one attached hydrogen (secondary N) is 1. The van der Waals surface area contributed by atoms with Crippen LogP contribution in [0.15, 0.2) is 47.3 Å². The van der Waals surface area contributed by atoms with Gasteiger partial charge in [-0.05, 0) is 18.2 Å². The number of hydrogen-bond donors (Lipinski definition) is 2. The molecule has 12 heteroatoms. The number of halogens is 2. The number of thiol groups is 1. The second-order valence-electron chi connectivity index (χ2n) is 6.49. The molecule has 1 N–H and O–H groups in total. The van der Waals surface area contributed by atoms with Gasteiger partial charge in [0.1, 0.15) is 17.3 Å². The Morgan fingerprint density at radius 3 is 2.55 bits per heavy atom. The predicted octanol–water partition coefficient (Wildman–Crippen LogP) is 3.42. The van der Waals surface area contributed by atoms with Gasteiger partial charge in [0.05, 0.1) is 23.5 Å². The normalized spacial score (nSPS) is 14.8. The fourth-order valence-corrected chi connectivity index (χ4v) is 3.07. The molecule has 0 bridgehead atoms. The number of carbonyl (C=O) groups is 3. The van der Waals surface area contributed by atoms with E-state index in [-0.39, 0.29) is 23.1 Å². The van der Waals surface area contributed by atoms with Gasteiger partial charge >= 0.3 is 12.1 Å². The Kier molecular flexibility index (Phi) is 6.46. The SMILES string of the molecule is C=C(Oc1cc(N2C(=O)N(C)C(S)N(C)C2=O)c(F)cc1Cl)C(=O)NCc1ccco1. The number of urea groups is 2. The summed E-state index contributed by atoms with van der Waals surface area (Å²) >= 11 is 10.2. The van der Waals surface area contributed by atoms with E-state index >= 15 is 0 Å². The van der Waals surface area contributed by atoms with Crippen LogP contribution in [0.4, 0.5) is 19.7 Å². The Balaban J connectivity index is 1.82. The first-order valence-corrected chi connectivity index (χ1v) is 9.69. The first-order valence-electron chi connectivity index (χ1n) is 8.80. The van der Waals surface area contributed by atoms with Crippen LogP contribution in [0.1, 0.15) is 5.76 Å². The largest absolute Gasteiger partial charge is 0.467 e. The maximum absolute atomic E-state index is 14.6. The van der Waals surface area contributed by atoms with Gasteiger partial charge in [0.25, 0.3) is 5.91 Å². The van der Waals surface area contributed by atoms with E-state index in [9.17, 15) is 18.8 Å². The van der Waals surface area contributed by atoms with Crippen molar-refractivity contribution < 1.29 is 27.9 Å². The highest BCUT2D eigenvalue weighted by atomic mass is 35.5. The minimum absolute atomic E-state index is 0.0942. The average molecular weight is 469 g/mol. The molecule has 1 saturated heterocycles. The molecular formula is C19H18ClFN4O5S. The number of imide groups is 1. The maximum atomic E-state index is 14.6. The maximum Gasteiger partial charge on any atom is 0.334 e. The van der Waals surface area contributed by atoms with Crippen LogP contribution in [0.3, 0.4) is 0 Å². The number of carbonyl (C=O) groups excluding carboxylic acids is 3. The molecular weight excluding hydrogens is 451 g/mol. The Morgan fingerprint density at radius 2 is 1.97 bits per heavy atom. The molecule has 5 amide bonds. The van der Waals surface area contributed by atoms with Gasteiger partial charge in [-0.2, -0.15) is 0 Å². The van der Waals surface area contributed by atoms with Gasteiger partial charge in [0, 0.05) is 20.2 Å². The number of rotatable bonds is 6. The molecule has 1 aromatic carbocycles. The molecule has 2 heterocycles. The summed E-state index contributed by atoms with van der Waals surface area (Å²) in [5.41, 5.74) is -1.22. The third kappa shape index (κ3) is 4.47. The Hall–Kier alpha value is -3.18. The number of furan rings is 1. The topological polar surface area (TPSA) is 95.3 Å². The minimum Gasteiger partial charge on any atom is -0.467 e. The molecule has 1 fully saturated rings. The van der Waals surface area contributed by atoms with Crippen molar-refractivity contribution in [2.24, 2.45) is 0 Å². The van der Waals surface area contributed by atoms with Crippen LogP contribution in [0.5, 0.6) is 5.75 Å². The van der Waals surface area contributed by atoms with E-state index in [1.807, 2.05) is 0 Å². The van der Waals surface area contributed by atoms with Crippen LogP contribution in [-0.2, 0) is 11.3 Å². The first-order chi connectivity index (χ1) is 14.6. The van der Waals surface area contributed by atoms with E-state index in [1.54, 1.807) is 12.1 Å². The molecule has 164 valence electrons. The average Bonchev–Trinajstić information content (AvgIpc) is 3.25. The number of amides is 5. The highest BCUT2D eigenvalue weighted by Gasteiger charge is 2.41. The molecule has 0 unspecified atom stereocenters. The van der Waals surface area contributed by atoms with Crippen molar-refractivity contribution in [3.8, 4) is 5.75 Å². The van der Waals surface area contributed by atoms with Crippen molar-refractivity contribution in [1.29, 1.82) is 0 Å². The van der Waals surface area contributed by atoms with Crippen molar-refractivity contribution in [3.05, 3.63) is 59.5 Å². The molecule has 0 spiro atoms. The summed E-state index contributed by atoms with van der Waals surface area (Å²) < 4.78 is 25.1. The summed E-state index contributed by atoms with van der Waals surface area (Å²) in [6.45, 7) is 3.62. The Bertz CT molecular complexity index is 1030. The summed E-state index contributed by atoms with van der Waals surface area (Å²) in [4.78, 5) is 40.3. The Labute approximate surface area is 187 Å². The zero-order chi connectivity index (χ0) is 22.9. The van der Waals surface area contributed by atoms with Crippen LogP contribution in [-0.4, -0.2) is 47.4 Å². The molecule has 1 aliphatic heterocycles. The van der Waals surface area contributed by atoms with Gasteiger partial charge in [-0.1, -0.05) is 18.2 Å². The molecule has 0 atom stereocenters. The zero-order valence-corrected chi connectivity index (χ0v) is 18.1. The lowest BCUT2D eigenvalue weighted by atomic mass is 10.2. The van der Waals surface area contributed by atoms with E-state index in [0.717, 1.165) is 21.9 Å².